The second kappa shape index (κ2) is 6.10. The van der Waals surface area contributed by atoms with Crippen LogP contribution in [-0.2, 0) is 23.3 Å². The molecule has 3 rings (SSSR count). The molecule has 0 amide bonds. The van der Waals surface area contributed by atoms with Gasteiger partial charge in [-0.15, -0.1) is 10.2 Å². The Morgan fingerprint density at radius 2 is 2.14 bits per heavy atom. The van der Waals surface area contributed by atoms with E-state index in [0.29, 0.717) is 5.92 Å². The second-order valence-electron chi connectivity index (χ2n) is 5.67. The lowest BCUT2D eigenvalue weighted by atomic mass is 9.94. The number of sulfone groups is 1. The van der Waals surface area contributed by atoms with Crippen molar-refractivity contribution in [2.24, 2.45) is 13.0 Å². The molecule has 3 heterocycles. The fraction of sp³-hybridized carbons (Fsp3) is 0.692. The Hall–Kier alpha value is -0.860. The summed E-state index contributed by atoms with van der Waals surface area (Å²) in [5.41, 5.74) is 0. The van der Waals surface area contributed by atoms with Crippen molar-refractivity contribution in [3.8, 4) is 0 Å². The van der Waals surface area contributed by atoms with Gasteiger partial charge in [-0.25, -0.2) is 8.42 Å². The highest BCUT2D eigenvalue weighted by atomic mass is 32.2. The molecule has 1 fully saturated rings. The Labute approximate surface area is 129 Å². The third kappa shape index (κ3) is 3.67. The standard InChI is InChI=1S/C13H20N4O2S2/c1-17-12(8-10-2-5-14-6-3-10)15-16-13(17)20-11-4-7-21(18,19)9-11/h4,7,10-11,14H,2-3,5-6,8-9H2,1H3/t11-/m1/s1. The first-order valence-electron chi connectivity index (χ1n) is 7.20. The van der Waals surface area contributed by atoms with Crippen molar-refractivity contribution in [2.45, 2.75) is 29.7 Å². The Morgan fingerprint density at radius 3 is 2.81 bits per heavy atom. The highest BCUT2D eigenvalue weighted by molar-refractivity contribution is 8.02. The topological polar surface area (TPSA) is 76.9 Å². The Bertz CT molecular complexity index is 633. The van der Waals surface area contributed by atoms with E-state index in [2.05, 4.69) is 15.5 Å². The zero-order chi connectivity index (χ0) is 14.9. The molecule has 2 aliphatic rings. The van der Waals surface area contributed by atoms with Crippen molar-refractivity contribution in [3.05, 3.63) is 17.3 Å². The maximum Gasteiger partial charge on any atom is 0.191 e. The lowest BCUT2D eigenvalue weighted by Crippen LogP contribution is -2.29. The quantitative estimate of drug-likeness (QED) is 0.879. The van der Waals surface area contributed by atoms with E-state index in [-0.39, 0.29) is 11.0 Å². The summed E-state index contributed by atoms with van der Waals surface area (Å²) in [6.07, 6.45) is 5.05. The van der Waals surface area contributed by atoms with Gasteiger partial charge in [0.05, 0.1) is 5.75 Å². The molecule has 1 N–H and O–H groups in total. The van der Waals surface area contributed by atoms with Crippen LogP contribution in [0, 0.1) is 5.92 Å². The van der Waals surface area contributed by atoms with Crippen molar-refractivity contribution < 1.29 is 8.42 Å². The SMILES string of the molecule is Cn1c(CC2CCNCC2)nnc1S[C@@H]1C=CS(=O)(=O)C1. The molecular weight excluding hydrogens is 308 g/mol. The first-order valence-corrected chi connectivity index (χ1v) is 9.79. The average molecular weight is 328 g/mol. The smallest absolute Gasteiger partial charge is 0.191 e. The van der Waals surface area contributed by atoms with Gasteiger partial charge < -0.3 is 9.88 Å². The van der Waals surface area contributed by atoms with Crippen molar-refractivity contribution in [2.75, 3.05) is 18.8 Å². The molecule has 0 unspecified atom stereocenters. The minimum Gasteiger partial charge on any atom is -0.317 e. The van der Waals surface area contributed by atoms with Crippen LogP contribution in [0.4, 0.5) is 0 Å². The fourth-order valence-electron chi connectivity index (χ4n) is 2.73. The molecule has 0 aromatic carbocycles. The minimum absolute atomic E-state index is 0.0513. The molecule has 0 bridgehead atoms. The number of hydrogen-bond donors (Lipinski definition) is 1. The molecule has 0 aliphatic carbocycles. The van der Waals surface area contributed by atoms with E-state index in [1.54, 1.807) is 6.08 Å². The van der Waals surface area contributed by atoms with Crippen LogP contribution in [0.5, 0.6) is 0 Å². The summed E-state index contributed by atoms with van der Waals surface area (Å²) in [6.45, 7) is 2.16. The summed E-state index contributed by atoms with van der Waals surface area (Å²) in [5.74, 6) is 1.82. The number of thioether (sulfide) groups is 1. The molecule has 1 aromatic rings. The van der Waals surface area contributed by atoms with Crippen molar-refractivity contribution >= 4 is 21.6 Å². The number of piperidine rings is 1. The summed E-state index contributed by atoms with van der Waals surface area (Å²) < 4.78 is 24.9. The van der Waals surface area contributed by atoms with Crippen LogP contribution in [0.2, 0.25) is 0 Å². The summed E-state index contributed by atoms with van der Waals surface area (Å²) in [4.78, 5) is 0. The molecule has 0 saturated carbocycles. The van der Waals surface area contributed by atoms with Crippen LogP contribution < -0.4 is 5.32 Å². The lowest BCUT2D eigenvalue weighted by Gasteiger charge is -2.21. The largest absolute Gasteiger partial charge is 0.317 e. The molecule has 0 spiro atoms. The van der Waals surface area contributed by atoms with Crippen LogP contribution in [-0.4, -0.2) is 47.3 Å². The number of hydrogen-bond acceptors (Lipinski definition) is 6. The van der Waals surface area contributed by atoms with Gasteiger partial charge in [-0.05, 0) is 31.8 Å². The minimum atomic E-state index is -3.01. The van der Waals surface area contributed by atoms with Gasteiger partial charge in [-0.1, -0.05) is 17.8 Å². The van der Waals surface area contributed by atoms with Crippen LogP contribution >= 0.6 is 11.8 Å². The number of aromatic nitrogens is 3. The van der Waals surface area contributed by atoms with E-state index in [9.17, 15) is 8.42 Å². The third-order valence-electron chi connectivity index (χ3n) is 4.01. The van der Waals surface area contributed by atoms with Gasteiger partial charge in [0.25, 0.3) is 0 Å². The summed E-state index contributed by atoms with van der Waals surface area (Å²) in [6, 6.07) is 0. The molecule has 0 radical (unpaired) electrons. The van der Waals surface area contributed by atoms with E-state index in [0.717, 1.165) is 30.5 Å². The lowest BCUT2D eigenvalue weighted by molar-refractivity contribution is 0.363. The number of rotatable bonds is 4. The highest BCUT2D eigenvalue weighted by Crippen LogP contribution is 2.28. The van der Waals surface area contributed by atoms with Crippen molar-refractivity contribution in [1.29, 1.82) is 0 Å². The third-order valence-corrected chi connectivity index (χ3v) is 6.81. The maximum absolute atomic E-state index is 11.4. The Balaban J connectivity index is 1.64. The first-order chi connectivity index (χ1) is 10.0. The van der Waals surface area contributed by atoms with Crippen molar-refractivity contribution in [1.82, 2.24) is 20.1 Å². The average Bonchev–Trinajstić information content (AvgIpc) is 2.97. The molecule has 21 heavy (non-hydrogen) atoms. The highest BCUT2D eigenvalue weighted by Gasteiger charge is 2.25. The molecule has 1 atom stereocenters. The van der Waals surface area contributed by atoms with Gasteiger partial charge in [0, 0.05) is 24.1 Å². The fourth-order valence-corrected chi connectivity index (χ4v) is 5.55. The number of nitrogens with zero attached hydrogens (tertiary/aromatic N) is 3. The predicted octanol–water partition coefficient (Wildman–Crippen LogP) is 0.760. The van der Waals surface area contributed by atoms with E-state index >= 15 is 0 Å². The van der Waals surface area contributed by atoms with E-state index in [1.165, 1.54) is 30.0 Å². The van der Waals surface area contributed by atoms with Crippen LogP contribution in [0.25, 0.3) is 0 Å². The molecule has 2 aliphatic heterocycles. The van der Waals surface area contributed by atoms with Gasteiger partial charge in [-0.3, -0.25) is 0 Å². The monoisotopic (exact) mass is 328 g/mol. The van der Waals surface area contributed by atoms with E-state index in [1.807, 2.05) is 11.6 Å². The van der Waals surface area contributed by atoms with Gasteiger partial charge in [0.1, 0.15) is 5.82 Å². The normalized spacial score (nSPS) is 25.5. The Kier molecular flexibility index (Phi) is 4.37. The van der Waals surface area contributed by atoms with Gasteiger partial charge >= 0.3 is 0 Å². The summed E-state index contributed by atoms with van der Waals surface area (Å²) in [7, 11) is -1.05. The van der Waals surface area contributed by atoms with Gasteiger partial charge in [0.2, 0.25) is 0 Å². The maximum atomic E-state index is 11.4. The molecular formula is C13H20N4O2S2. The summed E-state index contributed by atoms with van der Waals surface area (Å²) >= 11 is 1.47. The zero-order valence-electron chi connectivity index (χ0n) is 12.0. The molecule has 6 nitrogen and oxygen atoms in total. The molecule has 1 aromatic heterocycles. The van der Waals surface area contributed by atoms with E-state index in [4.69, 9.17) is 0 Å². The van der Waals surface area contributed by atoms with Gasteiger partial charge in [0.15, 0.2) is 15.0 Å². The number of nitrogens with one attached hydrogen (secondary N) is 1. The Morgan fingerprint density at radius 1 is 1.38 bits per heavy atom. The van der Waals surface area contributed by atoms with Crippen molar-refractivity contribution in [3.63, 3.8) is 0 Å². The van der Waals surface area contributed by atoms with Crippen LogP contribution in [0.15, 0.2) is 16.6 Å². The molecule has 1 saturated heterocycles. The molecule has 8 heteroatoms. The first kappa shape index (κ1) is 15.1. The van der Waals surface area contributed by atoms with E-state index < -0.39 is 9.84 Å². The molecule has 116 valence electrons. The zero-order valence-corrected chi connectivity index (χ0v) is 13.7. The van der Waals surface area contributed by atoms with Crippen LogP contribution in [0.1, 0.15) is 18.7 Å². The van der Waals surface area contributed by atoms with Crippen LogP contribution in [0.3, 0.4) is 0 Å². The second-order valence-corrected chi connectivity index (χ2v) is 8.81. The summed E-state index contributed by atoms with van der Waals surface area (Å²) in [5, 5.41) is 13.9. The van der Waals surface area contributed by atoms with Gasteiger partial charge in [-0.2, -0.15) is 0 Å². The predicted molar refractivity (Wildman–Crippen MR) is 82.9 cm³/mol.